The molecule has 0 radical (unpaired) electrons. The molecule has 2 aromatic rings. The maximum absolute atomic E-state index is 14.1. The smallest absolute Gasteiger partial charge is 0.248 e. The average Bonchev–Trinajstić information content (AvgIpc) is 3.45. The van der Waals surface area contributed by atoms with Crippen molar-refractivity contribution in [3.8, 4) is 11.3 Å². The van der Waals surface area contributed by atoms with E-state index < -0.39 is 89.4 Å². The predicted octanol–water partition coefficient (Wildman–Crippen LogP) is 2.91. The molecule has 0 spiro atoms. The number of aliphatic hydroxyl groups excluding tert-OH is 2. The van der Waals surface area contributed by atoms with Crippen LogP contribution >= 0.6 is 11.8 Å². The van der Waals surface area contributed by atoms with Gasteiger partial charge in [0.15, 0.2) is 17.5 Å². The quantitative estimate of drug-likeness (QED) is 0.281. The molecule has 1 unspecified atom stereocenters. The number of aromatic nitrogens is 3. The van der Waals surface area contributed by atoms with Crippen LogP contribution in [-0.2, 0) is 14.3 Å². The number of ether oxygens (including phenoxy) is 2. The van der Waals surface area contributed by atoms with Gasteiger partial charge in [-0.2, -0.15) is 0 Å². The Labute approximate surface area is 249 Å². The number of hydrogen-bond donors (Lipinski definition) is 3. The van der Waals surface area contributed by atoms with Gasteiger partial charge in [0, 0.05) is 38.6 Å². The van der Waals surface area contributed by atoms with Gasteiger partial charge in [0.2, 0.25) is 11.8 Å². The van der Waals surface area contributed by atoms with Gasteiger partial charge < -0.3 is 29.7 Å². The van der Waals surface area contributed by atoms with Crippen molar-refractivity contribution in [2.45, 2.75) is 92.1 Å². The third kappa shape index (κ3) is 6.83. The molecular weight excluding hydrogens is 603 g/mol. The van der Waals surface area contributed by atoms with E-state index in [-0.39, 0.29) is 30.1 Å². The topological polar surface area (TPSA) is 130 Å². The highest BCUT2D eigenvalue weighted by molar-refractivity contribution is 8.01. The van der Waals surface area contributed by atoms with E-state index in [4.69, 9.17) is 9.47 Å². The summed E-state index contributed by atoms with van der Waals surface area (Å²) in [5.74, 6) is -8.05. The molecule has 2 heterocycles. The van der Waals surface area contributed by atoms with Gasteiger partial charge >= 0.3 is 0 Å². The lowest BCUT2D eigenvalue weighted by atomic mass is 9.80. The molecule has 16 heteroatoms. The van der Waals surface area contributed by atoms with E-state index in [2.05, 4.69) is 10.3 Å². The van der Waals surface area contributed by atoms with Gasteiger partial charge in [-0.25, -0.2) is 26.6 Å². The summed E-state index contributed by atoms with van der Waals surface area (Å²) in [5, 5.41) is 39.3. The first-order valence-electron chi connectivity index (χ1n) is 13.7. The van der Waals surface area contributed by atoms with Gasteiger partial charge in [-0.15, -0.1) is 16.9 Å². The zero-order chi connectivity index (χ0) is 31.9. The number of alkyl halides is 2. The highest BCUT2D eigenvalue weighted by Gasteiger charge is 2.54. The molecule has 43 heavy (non-hydrogen) atoms. The number of nitrogens with zero attached hydrogens (tertiary/aromatic N) is 4. The first-order chi connectivity index (χ1) is 20.1. The second-order valence-electron chi connectivity index (χ2n) is 11.3. The van der Waals surface area contributed by atoms with Gasteiger partial charge in [0.1, 0.15) is 40.7 Å². The number of aliphatic hydroxyl groups is 3. The third-order valence-electron chi connectivity index (χ3n) is 8.14. The number of carbonyl (C=O) groups excluding carboxylic acids is 1. The molecule has 1 saturated heterocycles. The SMILES string of the molecule is CO[C@@H]1[C@@H](n2cc(-c3cc(F)c(F)c(F)c3)nn2)[C@@H](O)[C@@H](CO)O[C@H]1SC(C(=O)N(C)C(C)C)C1(O)CCC(F)(F)CC1. The average molecular weight is 639 g/mol. The minimum Gasteiger partial charge on any atom is -0.394 e. The number of rotatable bonds is 9. The number of hydrogen-bond acceptors (Lipinski definition) is 9. The van der Waals surface area contributed by atoms with Crippen molar-refractivity contribution in [1.82, 2.24) is 19.9 Å². The molecule has 6 atom stereocenters. The number of halogens is 5. The zero-order valence-corrected chi connectivity index (χ0v) is 24.8. The molecule has 0 bridgehead atoms. The van der Waals surface area contributed by atoms with Crippen molar-refractivity contribution >= 4 is 17.7 Å². The minimum absolute atomic E-state index is 0.0693. The second kappa shape index (κ2) is 12.9. The van der Waals surface area contributed by atoms with E-state index in [1.165, 1.54) is 25.3 Å². The Kier molecular flexibility index (Phi) is 10.1. The van der Waals surface area contributed by atoms with E-state index in [0.29, 0.717) is 0 Å². The standard InChI is InChI=1S/C27H35F5N4O6S/c1-13(2)35(3)24(39)23(26(40)5-7-27(31,32)8-6-26)43-25-22(41-4)20(21(38)18(12-37)42-25)36-11-17(33-34-36)14-9-15(28)19(30)16(29)10-14/h9-11,13,18,20-23,25,37-38,40H,5-8,12H2,1-4H3/t18-,20+,21+,22-,23?,25+/m1/s1. The molecule has 1 amide bonds. The molecule has 1 aliphatic heterocycles. The van der Waals surface area contributed by atoms with Crippen molar-refractivity contribution in [1.29, 1.82) is 0 Å². The molecule has 1 aromatic carbocycles. The molecule has 2 aliphatic rings. The van der Waals surface area contributed by atoms with Crippen LogP contribution in [0.2, 0.25) is 0 Å². The van der Waals surface area contributed by atoms with Crippen LogP contribution < -0.4 is 0 Å². The Morgan fingerprint density at radius 1 is 1.21 bits per heavy atom. The van der Waals surface area contributed by atoms with Gasteiger partial charge in [-0.3, -0.25) is 4.79 Å². The summed E-state index contributed by atoms with van der Waals surface area (Å²) in [7, 11) is 2.81. The van der Waals surface area contributed by atoms with E-state index in [0.717, 1.165) is 28.6 Å². The van der Waals surface area contributed by atoms with Crippen molar-refractivity contribution in [3.05, 3.63) is 35.8 Å². The maximum Gasteiger partial charge on any atom is 0.248 e. The molecule has 10 nitrogen and oxygen atoms in total. The molecule has 1 saturated carbocycles. The van der Waals surface area contributed by atoms with Crippen LogP contribution in [0, 0.1) is 17.5 Å². The highest BCUT2D eigenvalue weighted by atomic mass is 32.2. The van der Waals surface area contributed by atoms with Crippen LogP contribution in [0.15, 0.2) is 18.3 Å². The molecule has 4 rings (SSSR count). The summed E-state index contributed by atoms with van der Waals surface area (Å²) in [6.07, 6.45) is -4.54. The largest absolute Gasteiger partial charge is 0.394 e. The van der Waals surface area contributed by atoms with Crippen LogP contribution in [0.4, 0.5) is 22.0 Å². The molecular formula is C27H35F5N4O6S. The summed E-state index contributed by atoms with van der Waals surface area (Å²) in [6.45, 7) is 2.83. The molecule has 1 aromatic heterocycles. The van der Waals surface area contributed by atoms with E-state index in [1.807, 2.05) is 0 Å². The summed E-state index contributed by atoms with van der Waals surface area (Å²) >= 11 is 0.828. The molecule has 240 valence electrons. The lowest BCUT2D eigenvalue weighted by Gasteiger charge is -2.47. The Morgan fingerprint density at radius 2 is 1.81 bits per heavy atom. The van der Waals surface area contributed by atoms with Gasteiger partial charge in [0.05, 0.1) is 18.4 Å². The number of benzene rings is 1. The number of carbonyl (C=O) groups is 1. The summed E-state index contributed by atoms with van der Waals surface area (Å²) in [6, 6.07) is 0.0238. The lowest BCUT2D eigenvalue weighted by molar-refractivity contribution is -0.186. The van der Waals surface area contributed by atoms with Crippen molar-refractivity contribution in [3.63, 3.8) is 0 Å². The van der Waals surface area contributed by atoms with E-state index in [9.17, 15) is 42.1 Å². The number of methoxy groups -OCH3 is 1. The fourth-order valence-corrected chi connectivity index (χ4v) is 6.95. The van der Waals surface area contributed by atoms with Crippen molar-refractivity contribution < 1.29 is 51.5 Å². The summed E-state index contributed by atoms with van der Waals surface area (Å²) in [4.78, 5) is 15.1. The second-order valence-corrected chi connectivity index (χ2v) is 12.5. The van der Waals surface area contributed by atoms with Crippen molar-refractivity contribution in [2.24, 2.45) is 0 Å². The van der Waals surface area contributed by atoms with Crippen molar-refractivity contribution in [2.75, 3.05) is 20.8 Å². The molecule has 2 fully saturated rings. The minimum atomic E-state index is -2.98. The van der Waals surface area contributed by atoms with Crippen LogP contribution in [0.3, 0.4) is 0 Å². The van der Waals surface area contributed by atoms with Crippen LogP contribution in [0.25, 0.3) is 11.3 Å². The highest BCUT2D eigenvalue weighted by Crippen LogP contribution is 2.47. The van der Waals surface area contributed by atoms with E-state index >= 15 is 0 Å². The predicted molar refractivity (Wildman–Crippen MR) is 145 cm³/mol. The Bertz CT molecular complexity index is 1270. The third-order valence-corrected chi connectivity index (χ3v) is 9.70. The van der Waals surface area contributed by atoms with Gasteiger partial charge in [0.25, 0.3) is 0 Å². The normalized spacial score (nSPS) is 27.7. The number of amides is 1. The summed E-state index contributed by atoms with van der Waals surface area (Å²) < 4.78 is 82.1. The Balaban J connectivity index is 1.69. The first kappa shape index (κ1) is 33.5. The number of thioether (sulfide) groups is 1. The maximum atomic E-state index is 14.1. The lowest BCUT2D eigenvalue weighted by Crippen LogP contribution is -2.59. The summed E-state index contributed by atoms with van der Waals surface area (Å²) in [5.41, 5.74) is -3.18. The molecule has 3 N–H and O–H groups in total. The van der Waals surface area contributed by atoms with Gasteiger partial charge in [-0.05, 0) is 38.8 Å². The Morgan fingerprint density at radius 3 is 2.35 bits per heavy atom. The molecule has 1 aliphatic carbocycles. The monoisotopic (exact) mass is 638 g/mol. The fraction of sp³-hybridized carbons (Fsp3) is 0.667. The van der Waals surface area contributed by atoms with Gasteiger partial charge in [-0.1, -0.05) is 5.21 Å². The Hall–Kier alpha value is -2.37. The van der Waals surface area contributed by atoms with Crippen LogP contribution in [0.5, 0.6) is 0 Å². The zero-order valence-electron chi connectivity index (χ0n) is 24.0. The fourth-order valence-electron chi connectivity index (χ4n) is 5.28. The van der Waals surface area contributed by atoms with Crippen LogP contribution in [-0.4, -0.2) is 108 Å². The first-order valence-corrected chi connectivity index (χ1v) is 14.6. The van der Waals surface area contributed by atoms with Crippen LogP contribution in [0.1, 0.15) is 45.6 Å². The van der Waals surface area contributed by atoms with E-state index in [1.54, 1.807) is 13.8 Å².